The van der Waals surface area contributed by atoms with Gasteiger partial charge in [0.05, 0.1) is 7.11 Å². The Morgan fingerprint density at radius 3 is 2.37 bits per heavy atom. The molecule has 0 saturated heterocycles. The van der Waals surface area contributed by atoms with Gasteiger partial charge in [0.15, 0.2) is 6.61 Å². The van der Waals surface area contributed by atoms with Crippen LogP contribution in [0, 0.1) is 6.92 Å². The number of rotatable bonds is 11. The van der Waals surface area contributed by atoms with Crippen LogP contribution in [0.1, 0.15) is 37.8 Å². The van der Waals surface area contributed by atoms with Gasteiger partial charge in [0.25, 0.3) is 5.91 Å². The number of hydrogen-bond donors (Lipinski definition) is 1. The maximum atomic E-state index is 13.1. The van der Waals surface area contributed by atoms with Crippen LogP contribution in [0.25, 0.3) is 0 Å². The number of amides is 2. The van der Waals surface area contributed by atoms with Crippen LogP contribution in [0.15, 0.2) is 48.5 Å². The molecule has 0 aliphatic heterocycles. The molecule has 6 nitrogen and oxygen atoms in total. The van der Waals surface area contributed by atoms with Crippen molar-refractivity contribution in [3.05, 3.63) is 59.7 Å². The van der Waals surface area contributed by atoms with E-state index in [2.05, 4.69) is 5.32 Å². The molecule has 0 heterocycles. The van der Waals surface area contributed by atoms with Gasteiger partial charge in [-0.1, -0.05) is 44.2 Å². The van der Waals surface area contributed by atoms with E-state index in [4.69, 9.17) is 9.47 Å². The monoisotopic (exact) mass is 412 g/mol. The lowest BCUT2D eigenvalue weighted by Gasteiger charge is -2.30. The van der Waals surface area contributed by atoms with Crippen LogP contribution < -0.4 is 14.8 Å². The van der Waals surface area contributed by atoms with Gasteiger partial charge in [-0.2, -0.15) is 0 Å². The van der Waals surface area contributed by atoms with Gasteiger partial charge in [0, 0.05) is 13.1 Å². The molecule has 0 aromatic heterocycles. The van der Waals surface area contributed by atoms with Crippen molar-refractivity contribution in [1.29, 1.82) is 0 Å². The topological polar surface area (TPSA) is 67.9 Å². The SMILES string of the molecule is CCCNC(=O)[C@@H](CC)N(Cc1ccc(OC)cc1)C(=O)COc1ccccc1C. The molecule has 2 aromatic rings. The molecule has 0 aliphatic rings. The molecular weight excluding hydrogens is 380 g/mol. The van der Waals surface area contributed by atoms with E-state index in [9.17, 15) is 9.59 Å². The molecule has 0 aliphatic carbocycles. The second-order valence-electron chi connectivity index (χ2n) is 7.14. The molecule has 6 heteroatoms. The van der Waals surface area contributed by atoms with Gasteiger partial charge >= 0.3 is 0 Å². The van der Waals surface area contributed by atoms with Gasteiger partial charge in [-0.05, 0) is 49.1 Å². The molecule has 0 radical (unpaired) electrons. The summed E-state index contributed by atoms with van der Waals surface area (Å²) in [4.78, 5) is 27.5. The zero-order valence-corrected chi connectivity index (χ0v) is 18.3. The Labute approximate surface area is 179 Å². The first-order chi connectivity index (χ1) is 14.5. The predicted octanol–water partition coefficient (Wildman–Crippen LogP) is 3.72. The molecule has 0 bridgehead atoms. The van der Waals surface area contributed by atoms with E-state index in [0.717, 1.165) is 23.3 Å². The standard InChI is InChI=1S/C24H32N2O4/c1-5-15-25-24(28)21(6-2)26(16-19-11-13-20(29-4)14-12-19)23(27)17-30-22-10-8-7-9-18(22)3/h7-14,21H,5-6,15-17H2,1-4H3,(H,25,28)/t21-/m1/s1. The molecule has 2 amide bonds. The molecule has 2 rings (SSSR count). The molecule has 1 N–H and O–H groups in total. The summed E-state index contributed by atoms with van der Waals surface area (Å²) in [5.41, 5.74) is 1.88. The lowest BCUT2D eigenvalue weighted by atomic mass is 10.1. The number of aryl methyl sites for hydroxylation is 1. The minimum atomic E-state index is -0.563. The second-order valence-corrected chi connectivity index (χ2v) is 7.14. The van der Waals surface area contributed by atoms with Crippen molar-refractivity contribution in [2.45, 2.75) is 46.2 Å². The largest absolute Gasteiger partial charge is 0.497 e. The molecule has 0 spiro atoms. The number of ether oxygens (including phenoxy) is 2. The van der Waals surface area contributed by atoms with Crippen LogP contribution in [-0.2, 0) is 16.1 Å². The van der Waals surface area contributed by atoms with Gasteiger partial charge in [-0.15, -0.1) is 0 Å². The van der Waals surface area contributed by atoms with E-state index in [0.29, 0.717) is 25.3 Å². The summed E-state index contributed by atoms with van der Waals surface area (Å²) >= 11 is 0. The number of carbonyl (C=O) groups excluding carboxylic acids is 2. The van der Waals surface area contributed by atoms with Crippen molar-refractivity contribution in [1.82, 2.24) is 10.2 Å². The van der Waals surface area contributed by atoms with Crippen LogP contribution in [-0.4, -0.2) is 43.0 Å². The summed E-state index contributed by atoms with van der Waals surface area (Å²) < 4.78 is 11.0. The highest BCUT2D eigenvalue weighted by molar-refractivity contribution is 5.88. The normalized spacial score (nSPS) is 11.5. The summed E-state index contributed by atoms with van der Waals surface area (Å²) in [6.07, 6.45) is 1.35. The molecule has 30 heavy (non-hydrogen) atoms. The number of hydrogen-bond acceptors (Lipinski definition) is 4. The quantitative estimate of drug-likeness (QED) is 0.611. The third-order valence-corrected chi connectivity index (χ3v) is 4.89. The summed E-state index contributed by atoms with van der Waals surface area (Å²) in [6.45, 7) is 6.61. The average Bonchev–Trinajstić information content (AvgIpc) is 2.77. The maximum absolute atomic E-state index is 13.1. The van der Waals surface area contributed by atoms with Gasteiger partial charge in [-0.25, -0.2) is 0 Å². The minimum Gasteiger partial charge on any atom is -0.497 e. The predicted molar refractivity (Wildman–Crippen MR) is 118 cm³/mol. The molecular formula is C24H32N2O4. The van der Waals surface area contributed by atoms with Crippen LogP contribution in [0.2, 0.25) is 0 Å². The first kappa shape index (κ1) is 23.3. The fraction of sp³-hybridized carbons (Fsp3) is 0.417. The number of nitrogens with one attached hydrogen (secondary N) is 1. The Morgan fingerprint density at radius 2 is 1.77 bits per heavy atom. The van der Waals surface area contributed by atoms with E-state index in [1.165, 1.54) is 0 Å². The number of para-hydroxylation sites is 1. The van der Waals surface area contributed by atoms with Crippen LogP contribution in [0.4, 0.5) is 0 Å². The minimum absolute atomic E-state index is 0.126. The van der Waals surface area contributed by atoms with E-state index in [1.807, 2.05) is 69.3 Å². The average molecular weight is 413 g/mol. The van der Waals surface area contributed by atoms with Crippen molar-refractivity contribution in [2.75, 3.05) is 20.3 Å². The van der Waals surface area contributed by atoms with Gasteiger partial charge in [0.1, 0.15) is 17.5 Å². The molecule has 0 fully saturated rings. The van der Waals surface area contributed by atoms with E-state index in [-0.39, 0.29) is 18.4 Å². The van der Waals surface area contributed by atoms with Gasteiger partial charge in [-0.3, -0.25) is 9.59 Å². The first-order valence-corrected chi connectivity index (χ1v) is 10.4. The fourth-order valence-corrected chi connectivity index (χ4v) is 3.15. The Morgan fingerprint density at radius 1 is 1.07 bits per heavy atom. The molecule has 0 unspecified atom stereocenters. The molecule has 0 saturated carbocycles. The van der Waals surface area contributed by atoms with Crippen LogP contribution >= 0.6 is 0 Å². The highest BCUT2D eigenvalue weighted by Gasteiger charge is 2.28. The smallest absolute Gasteiger partial charge is 0.261 e. The van der Waals surface area contributed by atoms with Crippen molar-refractivity contribution >= 4 is 11.8 Å². The Bertz CT molecular complexity index is 820. The lowest BCUT2D eigenvalue weighted by molar-refractivity contribution is -0.143. The summed E-state index contributed by atoms with van der Waals surface area (Å²) in [5, 5.41) is 2.91. The highest BCUT2D eigenvalue weighted by atomic mass is 16.5. The lowest BCUT2D eigenvalue weighted by Crippen LogP contribution is -2.50. The van der Waals surface area contributed by atoms with Gasteiger partial charge in [0.2, 0.25) is 5.91 Å². The van der Waals surface area contributed by atoms with Crippen molar-refractivity contribution in [3.8, 4) is 11.5 Å². The van der Waals surface area contributed by atoms with Crippen molar-refractivity contribution < 1.29 is 19.1 Å². The van der Waals surface area contributed by atoms with E-state index in [1.54, 1.807) is 12.0 Å². The fourth-order valence-electron chi connectivity index (χ4n) is 3.15. The number of benzene rings is 2. The number of carbonyl (C=O) groups is 2. The highest BCUT2D eigenvalue weighted by Crippen LogP contribution is 2.19. The summed E-state index contributed by atoms with van der Waals surface area (Å²) in [5.74, 6) is 1.04. The maximum Gasteiger partial charge on any atom is 0.261 e. The summed E-state index contributed by atoms with van der Waals surface area (Å²) in [6, 6.07) is 14.5. The Balaban J connectivity index is 2.20. The Kier molecular flexibility index (Phi) is 9.19. The van der Waals surface area contributed by atoms with Gasteiger partial charge < -0.3 is 19.7 Å². The second kappa shape index (κ2) is 11.9. The number of nitrogens with zero attached hydrogens (tertiary/aromatic N) is 1. The number of methoxy groups -OCH3 is 1. The third kappa shape index (κ3) is 6.51. The molecule has 1 atom stereocenters. The molecule has 2 aromatic carbocycles. The Hall–Kier alpha value is -3.02. The van der Waals surface area contributed by atoms with Crippen LogP contribution in [0.5, 0.6) is 11.5 Å². The van der Waals surface area contributed by atoms with Crippen molar-refractivity contribution in [2.24, 2.45) is 0 Å². The van der Waals surface area contributed by atoms with E-state index >= 15 is 0 Å². The zero-order valence-electron chi connectivity index (χ0n) is 18.3. The first-order valence-electron chi connectivity index (χ1n) is 10.4. The molecule has 162 valence electrons. The van der Waals surface area contributed by atoms with Crippen molar-refractivity contribution in [3.63, 3.8) is 0 Å². The zero-order chi connectivity index (χ0) is 21.9. The third-order valence-electron chi connectivity index (χ3n) is 4.89. The van der Waals surface area contributed by atoms with Crippen LogP contribution in [0.3, 0.4) is 0 Å². The summed E-state index contributed by atoms with van der Waals surface area (Å²) in [7, 11) is 1.61. The van der Waals surface area contributed by atoms with E-state index < -0.39 is 6.04 Å².